The Kier molecular flexibility index (Phi) is 3.09. The normalized spacial score (nSPS) is 13.0. The number of thiophene rings is 1. The smallest absolute Gasteiger partial charge is 0.0941 e. The molecule has 2 aromatic rings. The molecule has 0 saturated carbocycles. The first-order valence-electron chi connectivity index (χ1n) is 3.79. The van der Waals surface area contributed by atoms with Gasteiger partial charge in [0.25, 0.3) is 0 Å². The van der Waals surface area contributed by atoms with Gasteiger partial charge in [0.2, 0.25) is 0 Å². The lowest BCUT2D eigenvalue weighted by molar-refractivity contribution is 0.655. The quantitative estimate of drug-likeness (QED) is 0.641. The minimum atomic E-state index is -0.109. The number of halogens is 1. The van der Waals surface area contributed by atoms with Crippen LogP contribution in [0.4, 0.5) is 0 Å². The Hall–Kier alpha value is -0.530. The fourth-order valence-electron chi connectivity index (χ4n) is 1.10. The molecule has 2 rings (SSSR count). The van der Waals surface area contributed by atoms with Crippen LogP contribution in [0.15, 0.2) is 17.6 Å². The number of hydrogen-bond acceptors (Lipinski definition) is 6. The molecule has 2 aromatic heterocycles. The molecule has 14 heavy (non-hydrogen) atoms. The van der Waals surface area contributed by atoms with E-state index in [4.69, 9.17) is 17.4 Å². The van der Waals surface area contributed by atoms with E-state index < -0.39 is 0 Å². The van der Waals surface area contributed by atoms with Crippen molar-refractivity contribution in [2.24, 2.45) is 5.84 Å². The number of hydrogen-bond donors (Lipinski definition) is 2. The Bertz CT molecular complexity index is 399. The molecule has 4 nitrogen and oxygen atoms in total. The summed E-state index contributed by atoms with van der Waals surface area (Å²) in [6, 6.07) is 1.74. The first-order valence-corrected chi connectivity index (χ1v) is 5.82. The van der Waals surface area contributed by atoms with Gasteiger partial charge in [-0.3, -0.25) is 5.84 Å². The average molecular weight is 247 g/mol. The van der Waals surface area contributed by atoms with Crippen LogP contribution in [0.25, 0.3) is 0 Å². The number of nitrogens with two attached hydrogens (primary N) is 1. The Balaban J connectivity index is 2.36. The van der Waals surface area contributed by atoms with Gasteiger partial charge in [-0.1, -0.05) is 16.1 Å². The Morgan fingerprint density at radius 1 is 1.57 bits per heavy atom. The zero-order chi connectivity index (χ0) is 9.97. The summed E-state index contributed by atoms with van der Waals surface area (Å²) in [4.78, 5) is 1.94. The highest BCUT2D eigenvalue weighted by atomic mass is 35.5. The summed E-state index contributed by atoms with van der Waals surface area (Å²) in [5.41, 5.74) is 2.70. The molecular weight excluding hydrogens is 240 g/mol. The summed E-state index contributed by atoms with van der Waals surface area (Å²) in [7, 11) is 0. The maximum Gasteiger partial charge on any atom is 0.0941 e. The molecule has 74 valence electrons. The third-order valence-corrected chi connectivity index (χ3v) is 3.89. The van der Waals surface area contributed by atoms with Crippen LogP contribution in [0.5, 0.6) is 0 Å². The van der Waals surface area contributed by atoms with Crippen LogP contribution in [-0.2, 0) is 0 Å². The number of nitrogens with one attached hydrogen (secondary N) is 1. The van der Waals surface area contributed by atoms with Crippen molar-refractivity contribution in [3.8, 4) is 0 Å². The van der Waals surface area contributed by atoms with Crippen molar-refractivity contribution in [3.05, 3.63) is 32.4 Å². The van der Waals surface area contributed by atoms with Crippen LogP contribution >= 0.6 is 34.5 Å². The lowest BCUT2D eigenvalue weighted by Crippen LogP contribution is -2.27. The predicted octanol–water partition coefficient (Wildman–Crippen LogP) is 1.81. The number of rotatable bonds is 3. The van der Waals surface area contributed by atoms with Crippen LogP contribution < -0.4 is 11.3 Å². The Morgan fingerprint density at radius 3 is 2.93 bits per heavy atom. The van der Waals surface area contributed by atoms with E-state index in [1.54, 1.807) is 17.5 Å². The lowest BCUT2D eigenvalue weighted by atomic mass is 10.2. The van der Waals surface area contributed by atoms with E-state index in [2.05, 4.69) is 15.0 Å². The van der Waals surface area contributed by atoms with E-state index in [1.807, 2.05) is 11.4 Å². The van der Waals surface area contributed by atoms with E-state index >= 15 is 0 Å². The molecule has 1 atom stereocenters. The lowest BCUT2D eigenvalue weighted by Gasteiger charge is -2.11. The number of nitrogens with zero attached hydrogens (tertiary/aromatic N) is 2. The molecule has 1 unspecified atom stereocenters. The molecule has 0 aliphatic carbocycles. The molecule has 0 aromatic carbocycles. The molecular formula is C7H7ClN4S2. The van der Waals surface area contributed by atoms with Crippen molar-refractivity contribution in [1.82, 2.24) is 15.0 Å². The molecule has 0 fully saturated rings. The molecule has 3 N–H and O–H groups in total. The summed E-state index contributed by atoms with van der Waals surface area (Å²) in [5.74, 6) is 5.47. The minimum absolute atomic E-state index is 0.109. The largest absolute Gasteiger partial charge is 0.271 e. The van der Waals surface area contributed by atoms with Gasteiger partial charge < -0.3 is 0 Å². The van der Waals surface area contributed by atoms with Gasteiger partial charge in [-0.2, -0.15) is 0 Å². The highest BCUT2D eigenvalue weighted by molar-refractivity contribution is 7.11. The Morgan fingerprint density at radius 2 is 2.43 bits per heavy atom. The predicted molar refractivity (Wildman–Crippen MR) is 58.4 cm³/mol. The maximum atomic E-state index is 6.01. The number of aromatic nitrogens is 2. The molecule has 2 heterocycles. The summed E-state index contributed by atoms with van der Waals surface area (Å²) in [6.07, 6.45) is 1.69. The average Bonchev–Trinajstić information content (AvgIpc) is 2.80. The fraction of sp³-hybridized carbons (Fsp3) is 0.143. The summed E-state index contributed by atoms with van der Waals surface area (Å²) in [5, 5.41) is 6.41. The molecule has 0 radical (unpaired) electrons. The van der Waals surface area contributed by atoms with Crippen molar-refractivity contribution in [3.63, 3.8) is 0 Å². The zero-order valence-corrected chi connectivity index (χ0v) is 9.36. The summed E-state index contributed by atoms with van der Waals surface area (Å²) >= 11 is 8.87. The van der Waals surface area contributed by atoms with Crippen LogP contribution in [-0.4, -0.2) is 9.59 Å². The highest BCUT2D eigenvalue weighted by Crippen LogP contribution is 2.33. The van der Waals surface area contributed by atoms with E-state index in [1.165, 1.54) is 11.5 Å². The second-order valence-corrected chi connectivity index (χ2v) is 4.72. The van der Waals surface area contributed by atoms with Gasteiger partial charge in [-0.05, 0) is 23.0 Å². The number of hydrazine groups is 1. The molecule has 7 heteroatoms. The first-order chi connectivity index (χ1) is 6.83. The molecule has 0 aliphatic heterocycles. The molecule has 0 bridgehead atoms. The van der Waals surface area contributed by atoms with Crippen molar-refractivity contribution < 1.29 is 0 Å². The van der Waals surface area contributed by atoms with Crippen molar-refractivity contribution in [1.29, 1.82) is 0 Å². The standard InChI is InChI=1S/C7H7ClN4S2/c8-4-1-2-13-7(4)6(11-9)5-3-10-12-14-5/h1-3,6,11H,9H2. The minimum Gasteiger partial charge on any atom is -0.271 e. The molecule has 0 aliphatic rings. The summed E-state index contributed by atoms with van der Waals surface area (Å²) in [6.45, 7) is 0. The van der Waals surface area contributed by atoms with Crippen LogP contribution in [0.2, 0.25) is 5.02 Å². The van der Waals surface area contributed by atoms with Gasteiger partial charge in [0.1, 0.15) is 0 Å². The third kappa shape index (κ3) is 1.79. The van der Waals surface area contributed by atoms with E-state index in [9.17, 15) is 0 Å². The monoisotopic (exact) mass is 246 g/mol. The Labute approximate surface area is 93.8 Å². The SMILES string of the molecule is NNC(c1cnns1)c1sccc1Cl. The van der Waals surface area contributed by atoms with Crippen LogP contribution in [0, 0.1) is 0 Å². The second kappa shape index (κ2) is 4.33. The van der Waals surface area contributed by atoms with Crippen LogP contribution in [0.1, 0.15) is 15.8 Å². The van der Waals surface area contributed by atoms with Crippen molar-refractivity contribution in [2.75, 3.05) is 0 Å². The zero-order valence-electron chi connectivity index (χ0n) is 6.98. The van der Waals surface area contributed by atoms with E-state index in [-0.39, 0.29) is 6.04 Å². The molecule has 0 saturated heterocycles. The van der Waals surface area contributed by atoms with Gasteiger partial charge in [0.05, 0.1) is 22.1 Å². The van der Waals surface area contributed by atoms with Gasteiger partial charge >= 0.3 is 0 Å². The maximum absolute atomic E-state index is 6.01. The first kappa shape index (κ1) is 10.0. The molecule has 0 amide bonds. The van der Waals surface area contributed by atoms with Gasteiger partial charge in [0.15, 0.2) is 0 Å². The second-order valence-electron chi connectivity index (χ2n) is 2.55. The fourth-order valence-corrected chi connectivity index (χ4v) is 2.99. The van der Waals surface area contributed by atoms with E-state index in [0.29, 0.717) is 5.02 Å². The summed E-state index contributed by atoms with van der Waals surface area (Å²) < 4.78 is 3.79. The van der Waals surface area contributed by atoms with Crippen molar-refractivity contribution >= 4 is 34.5 Å². The third-order valence-electron chi connectivity index (χ3n) is 1.74. The topological polar surface area (TPSA) is 63.8 Å². The van der Waals surface area contributed by atoms with Crippen LogP contribution in [0.3, 0.4) is 0 Å². The van der Waals surface area contributed by atoms with Crippen molar-refractivity contribution in [2.45, 2.75) is 6.04 Å². The van der Waals surface area contributed by atoms with E-state index in [0.717, 1.165) is 9.75 Å². The highest BCUT2D eigenvalue weighted by Gasteiger charge is 2.18. The van der Waals surface area contributed by atoms with Gasteiger partial charge in [-0.15, -0.1) is 16.4 Å². The van der Waals surface area contributed by atoms with Gasteiger partial charge in [-0.25, -0.2) is 5.43 Å². The van der Waals surface area contributed by atoms with Gasteiger partial charge in [0, 0.05) is 4.88 Å². The molecule has 0 spiro atoms.